The zero-order valence-corrected chi connectivity index (χ0v) is 14.3. The Labute approximate surface area is 144 Å². The van der Waals surface area contributed by atoms with Gasteiger partial charge in [-0.3, -0.25) is 4.79 Å². The highest BCUT2D eigenvalue weighted by molar-refractivity contribution is 7.98. The monoisotopic (exact) mass is 355 g/mol. The molecule has 1 N–H and O–H groups in total. The van der Waals surface area contributed by atoms with Gasteiger partial charge in [-0.15, -0.1) is 11.8 Å². The van der Waals surface area contributed by atoms with Crippen LogP contribution in [0, 0.1) is 0 Å². The standard InChI is InChI=1S/C16H15Cl2NO2S/c1-22-13-5-2-11(3-6-13)9-19-16(20)10-21-15-7-4-12(17)8-14(15)18/h2-8H,9-10H2,1H3,(H,19,20). The van der Waals surface area contributed by atoms with Crippen LogP contribution in [0.15, 0.2) is 47.4 Å². The Morgan fingerprint density at radius 2 is 1.91 bits per heavy atom. The third-order valence-electron chi connectivity index (χ3n) is 2.90. The average molecular weight is 356 g/mol. The normalized spacial score (nSPS) is 10.3. The molecule has 0 aliphatic rings. The van der Waals surface area contributed by atoms with Crippen LogP contribution in [0.2, 0.25) is 10.0 Å². The number of carbonyl (C=O) groups excluding carboxylic acids is 1. The second kappa shape index (κ2) is 8.32. The van der Waals surface area contributed by atoms with Crippen LogP contribution in [0.3, 0.4) is 0 Å². The maximum absolute atomic E-state index is 11.8. The summed E-state index contributed by atoms with van der Waals surface area (Å²) >= 11 is 13.5. The predicted molar refractivity (Wildman–Crippen MR) is 92.0 cm³/mol. The van der Waals surface area contributed by atoms with Gasteiger partial charge in [0.05, 0.1) is 5.02 Å². The number of nitrogens with one attached hydrogen (secondary N) is 1. The molecule has 0 saturated heterocycles. The van der Waals surface area contributed by atoms with Crippen LogP contribution in [-0.4, -0.2) is 18.8 Å². The molecular formula is C16H15Cl2NO2S. The SMILES string of the molecule is CSc1ccc(CNC(=O)COc2ccc(Cl)cc2Cl)cc1. The zero-order chi connectivity index (χ0) is 15.9. The first-order valence-corrected chi connectivity index (χ1v) is 8.54. The third kappa shape index (κ3) is 5.13. The summed E-state index contributed by atoms with van der Waals surface area (Å²) in [5.41, 5.74) is 1.04. The lowest BCUT2D eigenvalue weighted by molar-refractivity contribution is -0.123. The van der Waals surface area contributed by atoms with E-state index in [4.69, 9.17) is 27.9 Å². The second-order valence-electron chi connectivity index (χ2n) is 4.49. The molecule has 6 heteroatoms. The van der Waals surface area contributed by atoms with Crippen molar-refractivity contribution in [1.29, 1.82) is 0 Å². The van der Waals surface area contributed by atoms with Crippen molar-refractivity contribution < 1.29 is 9.53 Å². The first-order valence-electron chi connectivity index (χ1n) is 6.56. The topological polar surface area (TPSA) is 38.3 Å². The van der Waals surface area contributed by atoms with E-state index in [1.807, 2.05) is 30.5 Å². The number of hydrogen-bond donors (Lipinski definition) is 1. The van der Waals surface area contributed by atoms with Crippen LogP contribution in [0.25, 0.3) is 0 Å². The van der Waals surface area contributed by atoms with Crippen LogP contribution in [0.4, 0.5) is 0 Å². The van der Waals surface area contributed by atoms with Gasteiger partial charge in [0, 0.05) is 16.5 Å². The Balaban J connectivity index is 1.80. The van der Waals surface area contributed by atoms with Crippen LogP contribution in [0.1, 0.15) is 5.56 Å². The number of benzene rings is 2. The van der Waals surface area contributed by atoms with E-state index in [1.165, 1.54) is 4.90 Å². The summed E-state index contributed by atoms with van der Waals surface area (Å²) in [6.07, 6.45) is 2.02. The molecule has 0 unspecified atom stereocenters. The van der Waals surface area contributed by atoms with E-state index < -0.39 is 0 Å². The lowest BCUT2D eigenvalue weighted by Gasteiger charge is -2.09. The van der Waals surface area contributed by atoms with Crippen molar-refractivity contribution >= 4 is 40.9 Å². The highest BCUT2D eigenvalue weighted by Gasteiger charge is 2.06. The Morgan fingerprint density at radius 1 is 1.18 bits per heavy atom. The van der Waals surface area contributed by atoms with Gasteiger partial charge < -0.3 is 10.1 Å². The molecule has 0 aromatic heterocycles. The first kappa shape index (κ1) is 17.0. The van der Waals surface area contributed by atoms with E-state index in [2.05, 4.69) is 5.32 Å². The first-order chi connectivity index (χ1) is 10.6. The van der Waals surface area contributed by atoms with Crippen molar-refractivity contribution in [2.45, 2.75) is 11.4 Å². The van der Waals surface area contributed by atoms with Gasteiger partial charge in [-0.2, -0.15) is 0 Å². The number of amides is 1. The molecule has 3 nitrogen and oxygen atoms in total. The summed E-state index contributed by atoms with van der Waals surface area (Å²) in [6.45, 7) is 0.370. The van der Waals surface area contributed by atoms with E-state index >= 15 is 0 Å². The van der Waals surface area contributed by atoms with Crippen LogP contribution < -0.4 is 10.1 Å². The number of hydrogen-bond acceptors (Lipinski definition) is 3. The second-order valence-corrected chi connectivity index (χ2v) is 6.21. The van der Waals surface area contributed by atoms with Crippen molar-refractivity contribution in [3.05, 3.63) is 58.1 Å². The van der Waals surface area contributed by atoms with Crippen molar-refractivity contribution in [3.63, 3.8) is 0 Å². The van der Waals surface area contributed by atoms with Crippen molar-refractivity contribution in [1.82, 2.24) is 5.32 Å². The molecule has 2 aromatic carbocycles. The fourth-order valence-electron chi connectivity index (χ4n) is 1.73. The Bertz CT molecular complexity index is 647. The number of ether oxygens (including phenoxy) is 1. The van der Waals surface area contributed by atoms with E-state index in [1.54, 1.807) is 30.0 Å². The van der Waals surface area contributed by atoms with Crippen molar-refractivity contribution in [2.24, 2.45) is 0 Å². The molecule has 0 aliphatic heterocycles. The minimum Gasteiger partial charge on any atom is -0.482 e. The van der Waals surface area contributed by atoms with E-state index in [0.717, 1.165) is 5.56 Å². The minimum atomic E-state index is -0.208. The molecule has 0 spiro atoms. The van der Waals surface area contributed by atoms with Gasteiger partial charge in [-0.05, 0) is 42.2 Å². The Morgan fingerprint density at radius 3 is 2.55 bits per heavy atom. The fourth-order valence-corrected chi connectivity index (χ4v) is 2.60. The molecule has 22 heavy (non-hydrogen) atoms. The maximum Gasteiger partial charge on any atom is 0.258 e. The van der Waals surface area contributed by atoms with Crippen LogP contribution >= 0.6 is 35.0 Å². The molecule has 0 aliphatic carbocycles. The molecule has 0 bridgehead atoms. The number of carbonyl (C=O) groups is 1. The van der Waals surface area contributed by atoms with E-state index in [9.17, 15) is 4.79 Å². The summed E-state index contributed by atoms with van der Waals surface area (Å²) in [7, 11) is 0. The van der Waals surface area contributed by atoms with Gasteiger partial charge in [-0.1, -0.05) is 35.3 Å². The van der Waals surface area contributed by atoms with Crippen LogP contribution in [-0.2, 0) is 11.3 Å². The third-order valence-corrected chi connectivity index (χ3v) is 4.18. The number of rotatable bonds is 6. The van der Waals surface area contributed by atoms with Crippen molar-refractivity contribution in [3.8, 4) is 5.75 Å². The van der Waals surface area contributed by atoms with Gasteiger partial charge in [0.2, 0.25) is 0 Å². The number of halogens is 2. The molecule has 2 rings (SSSR count). The van der Waals surface area contributed by atoms with Crippen molar-refractivity contribution in [2.75, 3.05) is 12.9 Å². The Kier molecular flexibility index (Phi) is 6.43. The van der Waals surface area contributed by atoms with Gasteiger partial charge in [0.1, 0.15) is 5.75 Å². The summed E-state index contributed by atoms with van der Waals surface area (Å²) in [5, 5.41) is 3.70. The van der Waals surface area contributed by atoms with Gasteiger partial charge >= 0.3 is 0 Å². The maximum atomic E-state index is 11.8. The van der Waals surface area contributed by atoms with E-state index in [-0.39, 0.29) is 12.5 Å². The smallest absolute Gasteiger partial charge is 0.258 e. The van der Waals surface area contributed by atoms with Gasteiger partial charge in [0.15, 0.2) is 6.61 Å². The highest BCUT2D eigenvalue weighted by Crippen LogP contribution is 2.27. The average Bonchev–Trinajstić information content (AvgIpc) is 2.52. The largest absolute Gasteiger partial charge is 0.482 e. The lowest BCUT2D eigenvalue weighted by Crippen LogP contribution is -2.28. The van der Waals surface area contributed by atoms with Gasteiger partial charge in [-0.25, -0.2) is 0 Å². The molecule has 0 fully saturated rings. The molecule has 1 amide bonds. The van der Waals surface area contributed by atoms with Crippen LogP contribution in [0.5, 0.6) is 5.75 Å². The summed E-state index contributed by atoms with van der Waals surface area (Å²) in [6, 6.07) is 12.9. The predicted octanol–water partition coefficient (Wildman–Crippen LogP) is 4.41. The molecule has 0 heterocycles. The molecule has 2 aromatic rings. The molecular weight excluding hydrogens is 341 g/mol. The quantitative estimate of drug-likeness (QED) is 0.779. The zero-order valence-electron chi connectivity index (χ0n) is 11.9. The highest BCUT2D eigenvalue weighted by atomic mass is 35.5. The Hall–Kier alpha value is -1.36. The fraction of sp³-hybridized carbons (Fsp3) is 0.188. The number of thioether (sulfide) groups is 1. The van der Waals surface area contributed by atoms with E-state index in [0.29, 0.717) is 22.3 Å². The molecule has 0 atom stereocenters. The lowest BCUT2D eigenvalue weighted by atomic mass is 10.2. The molecule has 0 radical (unpaired) electrons. The molecule has 116 valence electrons. The van der Waals surface area contributed by atoms with Gasteiger partial charge in [0.25, 0.3) is 5.91 Å². The summed E-state index contributed by atoms with van der Waals surface area (Å²) < 4.78 is 5.37. The molecule has 0 saturated carbocycles. The summed E-state index contributed by atoms with van der Waals surface area (Å²) in [4.78, 5) is 13.0. The minimum absolute atomic E-state index is 0.0930. The summed E-state index contributed by atoms with van der Waals surface area (Å²) in [5.74, 6) is 0.227.